The second-order valence-corrected chi connectivity index (χ2v) is 7.14. The summed E-state index contributed by atoms with van der Waals surface area (Å²) in [5.74, 6) is 0. The van der Waals surface area contributed by atoms with Crippen LogP contribution < -0.4 is 10.6 Å². The maximum absolute atomic E-state index is 5.64. The third kappa shape index (κ3) is 3.61. The summed E-state index contributed by atoms with van der Waals surface area (Å²) in [5.41, 5.74) is 8.29. The van der Waals surface area contributed by atoms with Crippen molar-refractivity contribution in [2.75, 3.05) is 37.6 Å². The van der Waals surface area contributed by atoms with Crippen molar-refractivity contribution >= 4 is 21.6 Å². The van der Waals surface area contributed by atoms with Crippen molar-refractivity contribution in [2.45, 2.75) is 38.1 Å². The molecule has 1 aliphatic heterocycles. The zero-order chi connectivity index (χ0) is 14.7. The van der Waals surface area contributed by atoms with Gasteiger partial charge in [0.1, 0.15) is 0 Å². The summed E-state index contributed by atoms with van der Waals surface area (Å²) in [6.07, 6.45) is 6.64. The fraction of sp³-hybridized carbons (Fsp3) is 0.647. The fourth-order valence-electron chi connectivity index (χ4n) is 3.73. The highest BCUT2D eigenvalue weighted by Crippen LogP contribution is 2.30. The molecule has 1 aromatic carbocycles. The Bertz CT molecular complexity index is 463. The molecular formula is C17H26BrN3. The molecule has 0 radical (unpaired) electrons. The quantitative estimate of drug-likeness (QED) is 0.904. The van der Waals surface area contributed by atoms with Crippen molar-refractivity contribution < 1.29 is 0 Å². The van der Waals surface area contributed by atoms with Gasteiger partial charge in [-0.15, -0.1) is 0 Å². The fourth-order valence-corrected chi connectivity index (χ4v) is 4.40. The Balaban J connectivity index is 1.61. The zero-order valence-electron chi connectivity index (χ0n) is 12.7. The molecule has 1 aliphatic carbocycles. The maximum atomic E-state index is 5.64. The molecule has 2 N–H and O–H groups in total. The summed E-state index contributed by atoms with van der Waals surface area (Å²) in [4.78, 5) is 5.22. The molecule has 3 nitrogen and oxygen atoms in total. The molecule has 2 aliphatic rings. The van der Waals surface area contributed by atoms with Crippen molar-refractivity contribution in [3.05, 3.63) is 28.2 Å². The molecule has 4 heteroatoms. The Morgan fingerprint density at radius 2 is 1.81 bits per heavy atom. The van der Waals surface area contributed by atoms with Crippen LogP contribution in [-0.2, 0) is 6.42 Å². The summed E-state index contributed by atoms with van der Waals surface area (Å²) in [7, 11) is 0. The number of benzene rings is 1. The molecule has 1 saturated heterocycles. The monoisotopic (exact) mass is 351 g/mol. The third-order valence-corrected chi connectivity index (χ3v) is 5.58. The van der Waals surface area contributed by atoms with Crippen molar-refractivity contribution in [1.82, 2.24) is 4.90 Å². The number of rotatable bonds is 4. The van der Waals surface area contributed by atoms with Crippen molar-refractivity contribution in [3.63, 3.8) is 0 Å². The lowest BCUT2D eigenvalue weighted by Gasteiger charge is -2.39. The van der Waals surface area contributed by atoms with Crippen molar-refractivity contribution in [2.24, 2.45) is 5.73 Å². The van der Waals surface area contributed by atoms with Crippen LogP contribution in [-0.4, -0.2) is 43.7 Å². The summed E-state index contributed by atoms with van der Waals surface area (Å²) in [5, 5.41) is 0. The average molecular weight is 352 g/mol. The molecule has 1 heterocycles. The minimum atomic E-state index is 0.714. The van der Waals surface area contributed by atoms with Gasteiger partial charge in [-0.2, -0.15) is 0 Å². The molecule has 3 rings (SSSR count). The summed E-state index contributed by atoms with van der Waals surface area (Å²) < 4.78 is 1.21. The molecular weight excluding hydrogens is 326 g/mol. The number of piperazine rings is 1. The van der Waals surface area contributed by atoms with Crippen molar-refractivity contribution in [3.8, 4) is 0 Å². The molecule has 1 aromatic rings. The van der Waals surface area contributed by atoms with E-state index in [1.54, 1.807) is 0 Å². The van der Waals surface area contributed by atoms with Crippen LogP contribution in [0.15, 0.2) is 22.7 Å². The maximum Gasteiger partial charge on any atom is 0.0511 e. The highest BCUT2D eigenvalue weighted by Gasteiger charge is 2.26. The predicted octanol–water partition coefficient (Wildman–Crippen LogP) is 3.01. The van der Waals surface area contributed by atoms with E-state index in [0.29, 0.717) is 6.54 Å². The minimum absolute atomic E-state index is 0.714. The molecule has 0 amide bonds. The number of nitrogens with zero attached hydrogens (tertiary/aromatic N) is 2. The molecule has 1 saturated carbocycles. The zero-order valence-corrected chi connectivity index (χ0v) is 14.3. The first-order valence-corrected chi connectivity index (χ1v) is 9.05. The lowest BCUT2D eigenvalue weighted by Crippen LogP contribution is -2.49. The van der Waals surface area contributed by atoms with Gasteiger partial charge in [-0.05, 0) is 59.4 Å². The van der Waals surface area contributed by atoms with Crippen LogP contribution in [0.3, 0.4) is 0 Å². The second kappa shape index (κ2) is 7.12. The predicted molar refractivity (Wildman–Crippen MR) is 92.9 cm³/mol. The molecule has 0 spiro atoms. The van der Waals surface area contributed by atoms with Gasteiger partial charge in [0.15, 0.2) is 0 Å². The normalized spacial score (nSPS) is 21.1. The van der Waals surface area contributed by atoms with Crippen LogP contribution in [0.1, 0.15) is 31.2 Å². The van der Waals surface area contributed by atoms with Gasteiger partial charge in [0, 0.05) is 36.7 Å². The first kappa shape index (κ1) is 15.3. The summed E-state index contributed by atoms with van der Waals surface area (Å²) in [6.45, 7) is 5.42. The number of hydrogen-bond donors (Lipinski definition) is 1. The standard InChI is InChI=1S/C17H26BrN3/c18-16-13-14(7-8-19)5-6-17(16)21-11-9-20(10-12-21)15-3-1-2-4-15/h5-6,13,15H,1-4,7-12,19H2. The SMILES string of the molecule is NCCc1ccc(N2CCN(C3CCCC3)CC2)c(Br)c1. The summed E-state index contributed by atoms with van der Waals surface area (Å²) >= 11 is 3.74. The van der Waals surface area contributed by atoms with E-state index in [-0.39, 0.29) is 0 Å². The van der Waals surface area contributed by atoms with Gasteiger partial charge in [0.25, 0.3) is 0 Å². The first-order valence-electron chi connectivity index (χ1n) is 8.25. The van der Waals surface area contributed by atoms with Gasteiger partial charge in [0.05, 0.1) is 5.69 Å². The molecule has 0 bridgehead atoms. The number of anilines is 1. The Morgan fingerprint density at radius 3 is 2.43 bits per heavy atom. The number of halogens is 1. The van der Waals surface area contributed by atoms with E-state index in [9.17, 15) is 0 Å². The van der Waals surface area contributed by atoms with Crippen LogP contribution in [0, 0.1) is 0 Å². The molecule has 0 aromatic heterocycles. The highest BCUT2D eigenvalue weighted by molar-refractivity contribution is 9.10. The van der Waals surface area contributed by atoms with Gasteiger partial charge in [0.2, 0.25) is 0 Å². The van der Waals surface area contributed by atoms with E-state index in [2.05, 4.69) is 43.9 Å². The van der Waals surface area contributed by atoms with Gasteiger partial charge in [-0.1, -0.05) is 18.9 Å². The van der Waals surface area contributed by atoms with Crippen LogP contribution in [0.2, 0.25) is 0 Å². The molecule has 116 valence electrons. The molecule has 21 heavy (non-hydrogen) atoms. The molecule has 0 atom stereocenters. The molecule has 2 fully saturated rings. The first-order chi connectivity index (χ1) is 10.3. The number of nitrogens with two attached hydrogens (primary N) is 1. The van der Waals surface area contributed by atoms with E-state index in [1.807, 2.05) is 0 Å². The largest absolute Gasteiger partial charge is 0.368 e. The lowest BCUT2D eigenvalue weighted by molar-refractivity contribution is 0.187. The Labute approximate surface area is 136 Å². The van der Waals surface area contributed by atoms with Gasteiger partial charge in [-0.25, -0.2) is 0 Å². The van der Waals surface area contributed by atoms with Crippen LogP contribution in [0.4, 0.5) is 5.69 Å². The third-order valence-electron chi connectivity index (χ3n) is 4.94. The lowest BCUT2D eigenvalue weighted by atomic mass is 10.1. The Morgan fingerprint density at radius 1 is 1.10 bits per heavy atom. The van der Waals surface area contributed by atoms with Gasteiger partial charge < -0.3 is 10.6 Å². The van der Waals surface area contributed by atoms with E-state index in [1.165, 1.54) is 54.5 Å². The second-order valence-electron chi connectivity index (χ2n) is 6.29. The topological polar surface area (TPSA) is 32.5 Å². The average Bonchev–Trinajstić information content (AvgIpc) is 3.02. The number of hydrogen-bond acceptors (Lipinski definition) is 3. The van der Waals surface area contributed by atoms with Gasteiger partial charge >= 0.3 is 0 Å². The Kier molecular flexibility index (Phi) is 5.19. The van der Waals surface area contributed by atoms with Crippen LogP contribution in [0.25, 0.3) is 0 Å². The Hall–Kier alpha value is -0.580. The highest BCUT2D eigenvalue weighted by atomic mass is 79.9. The van der Waals surface area contributed by atoms with Gasteiger partial charge in [-0.3, -0.25) is 4.90 Å². The van der Waals surface area contributed by atoms with Crippen molar-refractivity contribution in [1.29, 1.82) is 0 Å². The smallest absolute Gasteiger partial charge is 0.0511 e. The van der Waals surface area contributed by atoms with Crippen LogP contribution in [0.5, 0.6) is 0 Å². The van der Waals surface area contributed by atoms with Crippen LogP contribution >= 0.6 is 15.9 Å². The molecule has 0 unspecified atom stereocenters. The van der Waals surface area contributed by atoms with E-state index < -0.39 is 0 Å². The minimum Gasteiger partial charge on any atom is -0.368 e. The summed E-state index contributed by atoms with van der Waals surface area (Å²) in [6, 6.07) is 7.56. The van der Waals surface area contributed by atoms with E-state index >= 15 is 0 Å². The van der Waals surface area contributed by atoms with E-state index in [4.69, 9.17) is 5.73 Å². The van der Waals surface area contributed by atoms with E-state index in [0.717, 1.165) is 25.6 Å².